The fourth-order valence-electron chi connectivity index (χ4n) is 3.80. The van der Waals surface area contributed by atoms with Gasteiger partial charge in [0.2, 0.25) is 0 Å². The van der Waals surface area contributed by atoms with Crippen LogP contribution in [-0.4, -0.2) is 42.2 Å². The lowest BCUT2D eigenvalue weighted by Crippen LogP contribution is -2.38. The number of oxazole rings is 1. The molecule has 1 aliphatic rings. The van der Waals surface area contributed by atoms with Crippen molar-refractivity contribution in [1.29, 1.82) is 0 Å². The minimum absolute atomic E-state index is 0.110. The summed E-state index contributed by atoms with van der Waals surface area (Å²) < 4.78 is 17.1. The zero-order valence-corrected chi connectivity index (χ0v) is 18.4. The van der Waals surface area contributed by atoms with Gasteiger partial charge >= 0.3 is 0 Å². The number of ether oxygens (including phenoxy) is 2. The van der Waals surface area contributed by atoms with Crippen molar-refractivity contribution in [3.05, 3.63) is 47.0 Å². The van der Waals surface area contributed by atoms with Crippen molar-refractivity contribution >= 4 is 28.7 Å². The number of methoxy groups -OCH3 is 1. The minimum Gasteiger partial charge on any atom is -0.493 e. The van der Waals surface area contributed by atoms with Crippen molar-refractivity contribution in [2.45, 2.75) is 45.4 Å². The number of aromatic nitrogens is 1. The molecule has 0 unspecified atom stereocenters. The van der Waals surface area contributed by atoms with Gasteiger partial charge in [-0.25, -0.2) is 0 Å². The molecule has 7 heteroatoms. The van der Waals surface area contributed by atoms with Crippen molar-refractivity contribution in [1.82, 2.24) is 9.88 Å². The predicted octanol–water partition coefficient (Wildman–Crippen LogP) is 5.35. The lowest BCUT2D eigenvalue weighted by molar-refractivity contribution is 0.208. The number of benzene rings is 2. The average Bonchev–Trinajstić information content (AvgIpc) is 3.10. The van der Waals surface area contributed by atoms with Gasteiger partial charge in [-0.15, -0.1) is 0 Å². The lowest BCUT2D eigenvalue weighted by Gasteiger charge is -2.32. The van der Waals surface area contributed by atoms with Crippen LogP contribution in [0.2, 0.25) is 5.02 Å². The molecule has 1 N–H and O–H groups in total. The Bertz CT molecular complexity index is 997. The summed E-state index contributed by atoms with van der Waals surface area (Å²) in [6.45, 7) is 6.96. The molecule has 1 aliphatic heterocycles. The normalized spacial score (nSPS) is 15.6. The van der Waals surface area contributed by atoms with Crippen LogP contribution < -0.4 is 14.8 Å². The number of likely N-dealkylation sites (tertiary alicyclic amines) is 1. The second kappa shape index (κ2) is 9.14. The Kier molecular flexibility index (Phi) is 6.35. The highest BCUT2D eigenvalue weighted by Crippen LogP contribution is 2.30. The van der Waals surface area contributed by atoms with Crippen LogP contribution in [-0.2, 0) is 6.54 Å². The van der Waals surface area contributed by atoms with E-state index in [-0.39, 0.29) is 6.10 Å². The molecular weight excluding hydrogens is 402 g/mol. The van der Waals surface area contributed by atoms with Crippen LogP contribution in [0.3, 0.4) is 0 Å². The zero-order valence-electron chi connectivity index (χ0n) is 17.7. The summed E-state index contributed by atoms with van der Waals surface area (Å²) in [5.74, 6) is 1.58. The highest BCUT2D eigenvalue weighted by Gasteiger charge is 2.21. The number of rotatable bonds is 7. The highest BCUT2D eigenvalue weighted by molar-refractivity contribution is 6.31. The van der Waals surface area contributed by atoms with Gasteiger partial charge in [0.15, 0.2) is 17.1 Å². The standard InChI is InChI=1S/C23H28ClN3O3/c1-15(2)29-22-12-16(4-6-21(22)28-3)14-27-10-8-18(9-11-27)25-23-26-19-13-17(24)5-7-20(19)30-23/h4-7,12-13,15,18H,8-11,14H2,1-3H3,(H,25,26). The topological polar surface area (TPSA) is 59.8 Å². The number of hydrogen-bond donors (Lipinski definition) is 1. The van der Waals surface area contributed by atoms with Crippen LogP contribution in [0.4, 0.5) is 6.01 Å². The molecule has 0 aliphatic carbocycles. The van der Waals surface area contributed by atoms with Crippen LogP contribution >= 0.6 is 11.6 Å². The Labute approximate surface area is 182 Å². The molecule has 3 aromatic rings. The maximum atomic E-state index is 6.03. The number of hydrogen-bond acceptors (Lipinski definition) is 6. The van der Waals surface area contributed by atoms with Gasteiger partial charge in [-0.2, -0.15) is 4.98 Å². The molecule has 0 amide bonds. The number of halogens is 1. The molecule has 0 radical (unpaired) electrons. The first-order valence-electron chi connectivity index (χ1n) is 10.4. The average molecular weight is 430 g/mol. The molecule has 30 heavy (non-hydrogen) atoms. The van der Waals surface area contributed by atoms with Crippen LogP contribution in [0.15, 0.2) is 40.8 Å². The summed E-state index contributed by atoms with van der Waals surface area (Å²) in [6, 6.07) is 12.6. The van der Waals surface area contributed by atoms with Gasteiger partial charge in [-0.3, -0.25) is 4.90 Å². The summed E-state index contributed by atoms with van der Waals surface area (Å²) in [5.41, 5.74) is 2.76. The van der Waals surface area contributed by atoms with E-state index in [1.54, 1.807) is 7.11 Å². The largest absolute Gasteiger partial charge is 0.493 e. The molecule has 6 nitrogen and oxygen atoms in total. The summed E-state index contributed by atoms with van der Waals surface area (Å²) in [6.07, 6.45) is 2.18. The van der Waals surface area contributed by atoms with Gasteiger partial charge in [-0.05, 0) is 62.6 Å². The molecule has 1 fully saturated rings. The molecule has 0 saturated carbocycles. The third-order valence-corrected chi connectivity index (χ3v) is 5.50. The first-order valence-corrected chi connectivity index (χ1v) is 10.8. The van der Waals surface area contributed by atoms with Gasteiger partial charge < -0.3 is 19.2 Å². The zero-order chi connectivity index (χ0) is 21.1. The molecule has 1 saturated heterocycles. The predicted molar refractivity (Wildman–Crippen MR) is 120 cm³/mol. The molecular formula is C23H28ClN3O3. The first kappa shape index (κ1) is 20.8. The molecule has 4 rings (SSSR count). The smallest absolute Gasteiger partial charge is 0.295 e. The number of nitrogens with one attached hydrogen (secondary N) is 1. The second-order valence-corrected chi connectivity index (χ2v) is 8.41. The van der Waals surface area contributed by atoms with Crippen molar-refractivity contribution in [3.63, 3.8) is 0 Å². The van der Waals surface area contributed by atoms with E-state index >= 15 is 0 Å². The Morgan fingerprint density at radius 1 is 1.17 bits per heavy atom. The monoisotopic (exact) mass is 429 g/mol. The van der Waals surface area contributed by atoms with E-state index in [4.69, 9.17) is 25.5 Å². The van der Waals surface area contributed by atoms with Crippen LogP contribution in [0.25, 0.3) is 11.1 Å². The van der Waals surface area contributed by atoms with Crippen molar-refractivity contribution in [2.75, 3.05) is 25.5 Å². The van der Waals surface area contributed by atoms with Crippen LogP contribution in [0.1, 0.15) is 32.3 Å². The molecule has 0 atom stereocenters. The lowest BCUT2D eigenvalue weighted by atomic mass is 10.0. The third-order valence-electron chi connectivity index (χ3n) is 5.26. The maximum absolute atomic E-state index is 6.03. The van der Waals surface area contributed by atoms with Gasteiger partial charge in [-0.1, -0.05) is 17.7 Å². The number of fused-ring (bicyclic) bond motifs is 1. The molecule has 0 spiro atoms. The third kappa shape index (κ3) is 4.99. The second-order valence-electron chi connectivity index (χ2n) is 7.98. The minimum atomic E-state index is 0.110. The van der Waals surface area contributed by atoms with Crippen molar-refractivity contribution in [3.8, 4) is 11.5 Å². The Morgan fingerprint density at radius 2 is 1.97 bits per heavy atom. The number of anilines is 1. The number of piperidine rings is 1. The summed E-state index contributed by atoms with van der Waals surface area (Å²) in [4.78, 5) is 6.97. The van der Waals surface area contributed by atoms with E-state index < -0.39 is 0 Å². The fraction of sp³-hybridized carbons (Fsp3) is 0.435. The summed E-state index contributed by atoms with van der Waals surface area (Å²) in [7, 11) is 1.67. The van der Waals surface area contributed by atoms with Crippen LogP contribution in [0.5, 0.6) is 11.5 Å². The van der Waals surface area contributed by atoms with E-state index in [1.807, 2.05) is 38.1 Å². The summed E-state index contributed by atoms with van der Waals surface area (Å²) >= 11 is 6.03. The Morgan fingerprint density at radius 3 is 2.70 bits per heavy atom. The van der Waals surface area contributed by atoms with Crippen molar-refractivity contribution in [2.24, 2.45) is 0 Å². The Hall–Kier alpha value is -2.44. The van der Waals surface area contributed by atoms with Gasteiger partial charge in [0, 0.05) is 30.7 Å². The molecule has 1 aromatic heterocycles. The van der Waals surface area contributed by atoms with E-state index in [0.717, 1.165) is 55.1 Å². The SMILES string of the molecule is COc1ccc(CN2CCC(Nc3nc4cc(Cl)ccc4o3)CC2)cc1OC(C)C. The van der Waals surface area contributed by atoms with E-state index in [0.29, 0.717) is 17.1 Å². The Balaban J connectivity index is 1.33. The first-order chi connectivity index (χ1) is 14.5. The maximum Gasteiger partial charge on any atom is 0.295 e. The fourth-order valence-corrected chi connectivity index (χ4v) is 3.96. The summed E-state index contributed by atoms with van der Waals surface area (Å²) in [5, 5.41) is 4.10. The van der Waals surface area contributed by atoms with E-state index in [1.165, 1.54) is 5.56 Å². The van der Waals surface area contributed by atoms with Gasteiger partial charge in [0.05, 0.1) is 13.2 Å². The quantitative estimate of drug-likeness (QED) is 0.546. The number of nitrogens with zero attached hydrogens (tertiary/aromatic N) is 2. The molecule has 2 aromatic carbocycles. The molecule has 2 heterocycles. The van der Waals surface area contributed by atoms with Gasteiger partial charge in [0.1, 0.15) is 5.52 Å². The molecule has 160 valence electrons. The van der Waals surface area contributed by atoms with E-state index in [9.17, 15) is 0 Å². The highest BCUT2D eigenvalue weighted by atomic mass is 35.5. The van der Waals surface area contributed by atoms with Gasteiger partial charge in [0.25, 0.3) is 6.01 Å². The van der Waals surface area contributed by atoms with Crippen molar-refractivity contribution < 1.29 is 13.9 Å². The van der Waals surface area contributed by atoms with E-state index in [2.05, 4.69) is 27.3 Å². The molecule has 0 bridgehead atoms. The van der Waals surface area contributed by atoms with Crippen LogP contribution in [0, 0.1) is 0 Å².